The van der Waals surface area contributed by atoms with Gasteiger partial charge in [0.05, 0.1) is 0 Å². The van der Waals surface area contributed by atoms with Crippen LogP contribution in [0.25, 0.3) is 4.96 Å². The highest BCUT2D eigenvalue weighted by Gasteiger charge is 2.40. The second-order valence-electron chi connectivity index (χ2n) is 4.40. The first-order valence-corrected chi connectivity index (χ1v) is 8.40. The first kappa shape index (κ1) is 12.4. The zero-order valence-corrected chi connectivity index (χ0v) is 12.0. The van der Waals surface area contributed by atoms with Gasteiger partial charge in [0.1, 0.15) is 0 Å². The van der Waals surface area contributed by atoms with Crippen molar-refractivity contribution in [2.24, 2.45) is 5.92 Å². The Morgan fingerprint density at radius 3 is 3.11 bits per heavy atom. The summed E-state index contributed by atoms with van der Waals surface area (Å²) in [5.74, 6) is 0.449. The lowest BCUT2D eigenvalue weighted by molar-refractivity contribution is 0.571. The van der Waals surface area contributed by atoms with Crippen LogP contribution in [0.3, 0.4) is 0 Å². The van der Waals surface area contributed by atoms with Gasteiger partial charge in [0.25, 0.3) is 10.0 Å². The third-order valence-electron chi connectivity index (χ3n) is 3.19. The Morgan fingerprint density at radius 1 is 1.67 bits per heavy atom. The van der Waals surface area contributed by atoms with Gasteiger partial charge in [-0.05, 0) is 12.3 Å². The lowest BCUT2D eigenvalue weighted by Gasteiger charge is -2.05. The molecule has 98 valence electrons. The molecule has 2 aromatic heterocycles. The molecular formula is C10H12ClN3O2S2. The van der Waals surface area contributed by atoms with Gasteiger partial charge in [0.15, 0.2) is 15.1 Å². The van der Waals surface area contributed by atoms with E-state index in [0.29, 0.717) is 10.9 Å². The number of aromatic nitrogens is 2. The normalized spacial score (nSPS) is 23.7. The highest BCUT2D eigenvalue weighted by atomic mass is 35.5. The number of imidazole rings is 1. The standard InChI is InChI=1S/C10H12ClN3O2S2/c1-2-6-5-7(6)13-18(15,16)9-8(11)12-10-14(9)3-4-17-10/h3-4,6-7,13H,2,5H2,1H3. The number of thiazole rings is 1. The van der Waals surface area contributed by atoms with Gasteiger partial charge < -0.3 is 0 Å². The summed E-state index contributed by atoms with van der Waals surface area (Å²) in [4.78, 5) is 4.62. The number of rotatable bonds is 4. The maximum Gasteiger partial charge on any atom is 0.260 e. The van der Waals surface area contributed by atoms with Crippen molar-refractivity contribution in [2.75, 3.05) is 0 Å². The third-order valence-corrected chi connectivity index (χ3v) is 5.83. The Labute approximate surface area is 114 Å². The molecule has 1 fully saturated rings. The van der Waals surface area contributed by atoms with Crippen LogP contribution >= 0.6 is 22.9 Å². The van der Waals surface area contributed by atoms with Crippen LogP contribution in [0.1, 0.15) is 19.8 Å². The molecule has 0 aromatic carbocycles. The van der Waals surface area contributed by atoms with E-state index in [4.69, 9.17) is 11.6 Å². The molecule has 0 amide bonds. The Hall–Kier alpha value is -0.630. The molecule has 1 N–H and O–H groups in total. The van der Waals surface area contributed by atoms with Gasteiger partial charge in [-0.2, -0.15) is 0 Å². The average Bonchev–Trinajstić information content (AvgIpc) is 2.71. The number of hydrogen-bond acceptors (Lipinski definition) is 4. The van der Waals surface area contributed by atoms with Crippen LogP contribution in [-0.4, -0.2) is 23.8 Å². The summed E-state index contributed by atoms with van der Waals surface area (Å²) in [7, 11) is -3.60. The number of sulfonamides is 1. The molecule has 8 heteroatoms. The Kier molecular flexibility index (Phi) is 2.89. The Balaban J connectivity index is 1.97. The van der Waals surface area contributed by atoms with E-state index in [9.17, 15) is 8.42 Å². The smallest absolute Gasteiger partial charge is 0.260 e. The molecule has 0 spiro atoms. The SMILES string of the molecule is CCC1CC1NS(=O)(=O)c1c(Cl)nc2sccn12. The minimum absolute atomic E-state index is 0.0306. The Bertz CT molecular complexity index is 691. The maximum atomic E-state index is 12.3. The number of fused-ring (bicyclic) bond motifs is 1. The average molecular weight is 306 g/mol. The van der Waals surface area contributed by atoms with Gasteiger partial charge in [-0.25, -0.2) is 18.1 Å². The van der Waals surface area contributed by atoms with Crippen LogP contribution in [0.5, 0.6) is 0 Å². The highest BCUT2D eigenvalue weighted by Crippen LogP contribution is 2.35. The molecule has 2 atom stereocenters. The second kappa shape index (κ2) is 4.19. The zero-order chi connectivity index (χ0) is 12.9. The van der Waals surface area contributed by atoms with E-state index in [1.54, 1.807) is 11.6 Å². The summed E-state index contributed by atoms with van der Waals surface area (Å²) in [5, 5.41) is 1.86. The van der Waals surface area contributed by atoms with Crippen LogP contribution in [0.2, 0.25) is 5.15 Å². The van der Waals surface area contributed by atoms with Gasteiger partial charge in [-0.3, -0.25) is 4.40 Å². The molecule has 0 bridgehead atoms. The first-order valence-electron chi connectivity index (χ1n) is 5.66. The molecule has 0 aliphatic heterocycles. The van der Waals surface area contributed by atoms with Gasteiger partial charge in [0, 0.05) is 17.6 Å². The number of nitrogens with one attached hydrogen (secondary N) is 1. The predicted molar refractivity (Wildman–Crippen MR) is 70.6 cm³/mol. The lowest BCUT2D eigenvalue weighted by Crippen LogP contribution is -2.28. The van der Waals surface area contributed by atoms with E-state index in [-0.39, 0.29) is 16.2 Å². The molecule has 1 aliphatic rings. The molecule has 2 aromatic rings. The largest absolute Gasteiger partial charge is 0.279 e. The zero-order valence-electron chi connectivity index (χ0n) is 9.63. The minimum atomic E-state index is -3.60. The van der Waals surface area contributed by atoms with Crippen LogP contribution in [0.15, 0.2) is 16.6 Å². The van der Waals surface area contributed by atoms with Gasteiger partial charge >= 0.3 is 0 Å². The van der Waals surface area contributed by atoms with E-state index in [0.717, 1.165) is 12.8 Å². The van der Waals surface area contributed by atoms with E-state index >= 15 is 0 Å². The van der Waals surface area contributed by atoms with Crippen molar-refractivity contribution < 1.29 is 8.42 Å². The van der Waals surface area contributed by atoms with Crippen LogP contribution in [0.4, 0.5) is 0 Å². The second-order valence-corrected chi connectivity index (χ2v) is 7.26. The van der Waals surface area contributed by atoms with Crippen LogP contribution in [-0.2, 0) is 10.0 Å². The van der Waals surface area contributed by atoms with E-state index < -0.39 is 10.0 Å². The van der Waals surface area contributed by atoms with Crippen molar-refractivity contribution in [1.29, 1.82) is 0 Å². The monoisotopic (exact) mass is 305 g/mol. The van der Waals surface area contributed by atoms with Crippen molar-refractivity contribution >= 4 is 37.9 Å². The summed E-state index contributed by atoms with van der Waals surface area (Å²) in [6.07, 6.45) is 3.55. The van der Waals surface area contributed by atoms with Crippen molar-refractivity contribution in [2.45, 2.75) is 30.8 Å². The molecule has 3 rings (SSSR count). The molecule has 2 heterocycles. The fourth-order valence-electron chi connectivity index (χ4n) is 2.08. The summed E-state index contributed by atoms with van der Waals surface area (Å²) in [5.41, 5.74) is 0. The summed E-state index contributed by atoms with van der Waals surface area (Å²) >= 11 is 7.28. The van der Waals surface area contributed by atoms with Gasteiger partial charge in [0.2, 0.25) is 0 Å². The highest BCUT2D eigenvalue weighted by molar-refractivity contribution is 7.89. The van der Waals surface area contributed by atoms with E-state index in [1.165, 1.54) is 15.7 Å². The van der Waals surface area contributed by atoms with Crippen molar-refractivity contribution in [3.63, 3.8) is 0 Å². The lowest BCUT2D eigenvalue weighted by atomic mass is 10.3. The summed E-state index contributed by atoms with van der Waals surface area (Å²) in [6.45, 7) is 2.06. The summed E-state index contributed by atoms with van der Waals surface area (Å²) in [6, 6.07) is 0.0419. The van der Waals surface area contributed by atoms with Crippen LogP contribution < -0.4 is 4.72 Å². The molecule has 0 saturated heterocycles. The molecule has 1 saturated carbocycles. The molecule has 1 aliphatic carbocycles. The van der Waals surface area contributed by atoms with E-state index in [2.05, 4.69) is 16.6 Å². The maximum absolute atomic E-state index is 12.3. The van der Waals surface area contributed by atoms with Crippen LogP contribution in [0, 0.1) is 5.92 Å². The number of halogens is 1. The fourth-order valence-corrected chi connectivity index (χ4v) is 4.85. The van der Waals surface area contributed by atoms with E-state index in [1.807, 2.05) is 0 Å². The molecular weight excluding hydrogens is 294 g/mol. The minimum Gasteiger partial charge on any atom is -0.279 e. The van der Waals surface area contributed by atoms with Crippen molar-refractivity contribution in [3.05, 3.63) is 16.7 Å². The van der Waals surface area contributed by atoms with Gasteiger partial charge in [-0.1, -0.05) is 24.9 Å². The molecule has 5 nitrogen and oxygen atoms in total. The number of hydrogen-bond donors (Lipinski definition) is 1. The Morgan fingerprint density at radius 2 is 2.44 bits per heavy atom. The number of nitrogens with zero attached hydrogens (tertiary/aromatic N) is 2. The fraction of sp³-hybridized carbons (Fsp3) is 0.500. The first-order chi connectivity index (χ1) is 8.53. The quantitative estimate of drug-likeness (QED) is 0.941. The molecule has 18 heavy (non-hydrogen) atoms. The predicted octanol–water partition coefficient (Wildman–Crippen LogP) is 2.13. The topological polar surface area (TPSA) is 63.5 Å². The van der Waals surface area contributed by atoms with Crippen molar-refractivity contribution in [1.82, 2.24) is 14.1 Å². The molecule has 0 radical (unpaired) electrons. The third kappa shape index (κ3) is 1.95. The van der Waals surface area contributed by atoms with Gasteiger partial charge in [-0.15, -0.1) is 11.3 Å². The molecule has 2 unspecified atom stereocenters. The summed E-state index contributed by atoms with van der Waals surface area (Å²) < 4.78 is 28.8. The van der Waals surface area contributed by atoms with Crippen molar-refractivity contribution in [3.8, 4) is 0 Å².